The molecule has 0 spiro atoms. The first kappa shape index (κ1) is 19.9. The molecule has 5 heteroatoms. The van der Waals surface area contributed by atoms with Crippen LogP contribution in [0.2, 0.25) is 0 Å². The predicted molar refractivity (Wildman–Crippen MR) is 97.9 cm³/mol. The molecule has 0 aliphatic carbocycles. The molecule has 1 aromatic heterocycles. The molecule has 1 rings (SSSR count). The van der Waals surface area contributed by atoms with E-state index in [2.05, 4.69) is 36.1 Å². The summed E-state index contributed by atoms with van der Waals surface area (Å²) in [6, 6.07) is 0.249. The van der Waals surface area contributed by atoms with Crippen LogP contribution in [-0.4, -0.2) is 28.2 Å². The lowest BCUT2D eigenvalue weighted by Crippen LogP contribution is -2.32. The molecule has 0 saturated heterocycles. The van der Waals surface area contributed by atoms with Crippen molar-refractivity contribution in [2.45, 2.75) is 77.9 Å². The van der Waals surface area contributed by atoms with Gasteiger partial charge in [0.2, 0.25) is 5.91 Å². The van der Waals surface area contributed by atoms with Crippen molar-refractivity contribution in [2.24, 2.45) is 5.92 Å². The lowest BCUT2D eigenvalue weighted by Gasteiger charge is -2.15. The largest absolute Gasteiger partial charge is 0.354 e. The summed E-state index contributed by atoms with van der Waals surface area (Å²) < 4.78 is 0. The molecule has 4 nitrogen and oxygen atoms in total. The Morgan fingerprint density at radius 1 is 1.13 bits per heavy atom. The van der Waals surface area contributed by atoms with Crippen LogP contribution in [0.25, 0.3) is 0 Å². The van der Waals surface area contributed by atoms with Crippen LogP contribution in [0.15, 0.2) is 5.16 Å². The fourth-order valence-electron chi connectivity index (χ4n) is 2.65. The normalized spacial score (nSPS) is 12.5. The third-order valence-electron chi connectivity index (χ3n) is 4.01. The van der Waals surface area contributed by atoms with E-state index in [1.165, 1.54) is 12.8 Å². The summed E-state index contributed by atoms with van der Waals surface area (Å²) in [6.45, 7) is 10.5. The second-order valence-corrected chi connectivity index (χ2v) is 7.43. The van der Waals surface area contributed by atoms with Crippen molar-refractivity contribution in [3.05, 3.63) is 17.0 Å². The van der Waals surface area contributed by atoms with Crippen molar-refractivity contribution in [3.63, 3.8) is 0 Å². The van der Waals surface area contributed by atoms with Crippen LogP contribution in [-0.2, 0) is 11.2 Å². The SMILES string of the molecule is CSc1nc(C)c(CCC(=O)NC(C)CCCC(C)C)c(C)n1. The number of aryl methyl sites for hydroxylation is 2. The van der Waals surface area contributed by atoms with Crippen molar-refractivity contribution in [2.75, 3.05) is 6.26 Å². The first-order valence-electron chi connectivity index (χ1n) is 8.51. The number of nitrogens with zero attached hydrogens (tertiary/aromatic N) is 2. The molecule has 0 radical (unpaired) electrons. The second kappa shape index (κ2) is 9.91. The van der Waals surface area contributed by atoms with Crippen molar-refractivity contribution >= 4 is 17.7 Å². The minimum absolute atomic E-state index is 0.120. The fourth-order valence-corrected chi connectivity index (χ4v) is 3.11. The van der Waals surface area contributed by atoms with Gasteiger partial charge in [0.15, 0.2) is 5.16 Å². The minimum atomic E-state index is 0.120. The highest BCUT2D eigenvalue weighted by atomic mass is 32.2. The zero-order chi connectivity index (χ0) is 17.4. The van der Waals surface area contributed by atoms with E-state index in [9.17, 15) is 4.79 Å². The van der Waals surface area contributed by atoms with Crippen LogP contribution >= 0.6 is 11.8 Å². The number of carbonyl (C=O) groups is 1. The van der Waals surface area contributed by atoms with E-state index in [-0.39, 0.29) is 11.9 Å². The smallest absolute Gasteiger partial charge is 0.220 e. The number of nitrogens with one attached hydrogen (secondary N) is 1. The molecule has 1 amide bonds. The highest BCUT2D eigenvalue weighted by Crippen LogP contribution is 2.17. The molecule has 1 heterocycles. The summed E-state index contributed by atoms with van der Waals surface area (Å²) in [5.74, 6) is 0.850. The van der Waals surface area contributed by atoms with Crippen molar-refractivity contribution in [1.82, 2.24) is 15.3 Å². The van der Waals surface area contributed by atoms with Gasteiger partial charge in [-0.1, -0.05) is 38.5 Å². The lowest BCUT2D eigenvalue weighted by atomic mass is 10.0. The van der Waals surface area contributed by atoms with Crippen LogP contribution < -0.4 is 5.32 Å². The van der Waals surface area contributed by atoms with E-state index in [0.29, 0.717) is 12.8 Å². The van der Waals surface area contributed by atoms with Gasteiger partial charge in [0, 0.05) is 23.9 Å². The van der Waals surface area contributed by atoms with Gasteiger partial charge >= 0.3 is 0 Å². The van der Waals surface area contributed by atoms with Gasteiger partial charge < -0.3 is 5.32 Å². The molecule has 1 atom stereocenters. The highest BCUT2D eigenvalue weighted by Gasteiger charge is 2.12. The van der Waals surface area contributed by atoms with E-state index in [1.807, 2.05) is 20.1 Å². The number of rotatable bonds is 9. The Hall–Kier alpha value is -1.10. The van der Waals surface area contributed by atoms with Crippen LogP contribution in [0.1, 0.15) is 63.4 Å². The number of carbonyl (C=O) groups excluding carboxylic acids is 1. The number of hydrogen-bond acceptors (Lipinski definition) is 4. The van der Waals surface area contributed by atoms with Gasteiger partial charge in [-0.25, -0.2) is 9.97 Å². The molecule has 23 heavy (non-hydrogen) atoms. The lowest BCUT2D eigenvalue weighted by molar-refractivity contribution is -0.121. The molecular weight excluding hydrogens is 306 g/mol. The Morgan fingerprint density at radius 3 is 2.26 bits per heavy atom. The maximum atomic E-state index is 12.1. The van der Waals surface area contributed by atoms with E-state index >= 15 is 0 Å². The average molecular weight is 338 g/mol. The van der Waals surface area contributed by atoms with Gasteiger partial charge in [-0.2, -0.15) is 0 Å². The van der Waals surface area contributed by atoms with E-state index in [1.54, 1.807) is 11.8 Å². The Labute approximate surface area is 145 Å². The number of amides is 1. The third-order valence-corrected chi connectivity index (χ3v) is 4.56. The number of hydrogen-bond donors (Lipinski definition) is 1. The maximum absolute atomic E-state index is 12.1. The van der Waals surface area contributed by atoms with Gasteiger partial charge in [0.25, 0.3) is 0 Å². The molecule has 1 aromatic rings. The monoisotopic (exact) mass is 337 g/mol. The zero-order valence-corrected chi connectivity index (χ0v) is 16.2. The molecule has 0 aromatic carbocycles. The molecule has 1 N–H and O–H groups in total. The van der Waals surface area contributed by atoms with Crippen molar-refractivity contribution in [1.29, 1.82) is 0 Å². The van der Waals surface area contributed by atoms with Crippen molar-refractivity contribution in [3.8, 4) is 0 Å². The fraction of sp³-hybridized carbons (Fsp3) is 0.722. The van der Waals surface area contributed by atoms with Gasteiger partial charge in [-0.3, -0.25) is 4.79 Å². The molecular formula is C18H31N3OS. The Balaban J connectivity index is 2.44. The van der Waals surface area contributed by atoms with E-state index in [0.717, 1.165) is 34.4 Å². The van der Waals surface area contributed by atoms with Crippen molar-refractivity contribution < 1.29 is 4.79 Å². The number of thioether (sulfide) groups is 1. The summed E-state index contributed by atoms with van der Waals surface area (Å²) in [4.78, 5) is 21.1. The number of aromatic nitrogens is 2. The Morgan fingerprint density at radius 2 is 1.74 bits per heavy atom. The second-order valence-electron chi connectivity index (χ2n) is 6.65. The van der Waals surface area contributed by atoms with Gasteiger partial charge in [-0.15, -0.1) is 0 Å². The average Bonchev–Trinajstić information content (AvgIpc) is 2.45. The topological polar surface area (TPSA) is 54.9 Å². The Bertz CT molecular complexity index is 494. The quantitative estimate of drug-likeness (QED) is 0.545. The standard InChI is InChI=1S/C18H31N3OS/c1-12(2)8-7-9-13(3)19-17(22)11-10-16-14(4)20-18(23-6)21-15(16)5/h12-13H,7-11H2,1-6H3,(H,19,22). The third kappa shape index (κ3) is 7.34. The predicted octanol–water partition coefficient (Wildman–Crippen LogP) is 4.08. The zero-order valence-electron chi connectivity index (χ0n) is 15.4. The summed E-state index contributed by atoms with van der Waals surface area (Å²) in [6.07, 6.45) is 6.61. The van der Waals surface area contributed by atoms with E-state index < -0.39 is 0 Å². The van der Waals surface area contributed by atoms with Gasteiger partial charge in [-0.05, 0) is 51.3 Å². The molecule has 130 valence electrons. The molecule has 0 saturated carbocycles. The molecule has 0 aliphatic rings. The van der Waals surface area contributed by atoms with Crippen LogP contribution in [0.5, 0.6) is 0 Å². The van der Waals surface area contributed by atoms with Gasteiger partial charge in [0.1, 0.15) is 0 Å². The van der Waals surface area contributed by atoms with E-state index in [4.69, 9.17) is 0 Å². The van der Waals surface area contributed by atoms with Crippen LogP contribution in [0.3, 0.4) is 0 Å². The Kier molecular flexibility index (Phi) is 8.59. The maximum Gasteiger partial charge on any atom is 0.220 e. The van der Waals surface area contributed by atoms with Crippen LogP contribution in [0.4, 0.5) is 0 Å². The highest BCUT2D eigenvalue weighted by molar-refractivity contribution is 7.98. The summed E-state index contributed by atoms with van der Waals surface area (Å²) in [5, 5.41) is 3.90. The molecule has 0 bridgehead atoms. The molecule has 1 unspecified atom stereocenters. The first-order chi connectivity index (χ1) is 10.8. The summed E-state index contributed by atoms with van der Waals surface area (Å²) in [5.41, 5.74) is 3.07. The summed E-state index contributed by atoms with van der Waals surface area (Å²) >= 11 is 1.55. The molecule has 0 aliphatic heterocycles. The molecule has 0 fully saturated rings. The minimum Gasteiger partial charge on any atom is -0.354 e. The van der Waals surface area contributed by atoms with Crippen LogP contribution in [0, 0.1) is 19.8 Å². The van der Waals surface area contributed by atoms with Gasteiger partial charge in [0.05, 0.1) is 0 Å². The first-order valence-corrected chi connectivity index (χ1v) is 9.73. The summed E-state index contributed by atoms with van der Waals surface area (Å²) in [7, 11) is 0.